The summed E-state index contributed by atoms with van der Waals surface area (Å²) >= 11 is 0. The fourth-order valence-electron chi connectivity index (χ4n) is 1.35. The first-order valence-corrected chi connectivity index (χ1v) is 5.52. The molecule has 2 nitrogen and oxygen atoms in total. The summed E-state index contributed by atoms with van der Waals surface area (Å²) in [7, 11) is 0. The Balaban J connectivity index is 3.67. The van der Waals surface area contributed by atoms with Crippen LogP contribution in [0.2, 0.25) is 0 Å². The topological polar surface area (TPSA) is 29.3 Å². The van der Waals surface area contributed by atoms with E-state index in [-0.39, 0.29) is 0 Å². The molecule has 0 aromatic carbocycles. The van der Waals surface area contributed by atoms with Gasteiger partial charge >= 0.3 is 0 Å². The molecule has 0 spiro atoms. The van der Waals surface area contributed by atoms with Crippen molar-refractivity contribution in [2.45, 2.75) is 46.6 Å². The molecular weight excluding hydrogens is 160 g/mol. The molecule has 0 heterocycles. The van der Waals surface area contributed by atoms with Crippen LogP contribution in [-0.4, -0.2) is 30.6 Å². The predicted molar refractivity (Wildman–Crippen MR) is 59.8 cm³/mol. The summed E-state index contributed by atoms with van der Waals surface area (Å²) in [4.78, 5) is 2.52. The van der Waals surface area contributed by atoms with Crippen LogP contribution in [0.3, 0.4) is 0 Å². The molecule has 0 fully saturated rings. The number of rotatable bonds is 7. The maximum atomic E-state index is 5.51. The van der Waals surface area contributed by atoms with Gasteiger partial charge in [-0.25, -0.2) is 0 Å². The minimum atomic E-state index is 0.658. The Kier molecular flexibility index (Phi) is 7.29. The molecule has 0 saturated heterocycles. The van der Waals surface area contributed by atoms with E-state index in [1.165, 1.54) is 13.0 Å². The molecule has 0 rings (SSSR count). The Labute approximate surface area is 83.5 Å². The zero-order chi connectivity index (χ0) is 10.3. The third-order valence-corrected chi connectivity index (χ3v) is 2.37. The molecule has 0 aliphatic carbocycles. The smallest absolute Gasteiger partial charge is 0.00385 e. The van der Waals surface area contributed by atoms with Gasteiger partial charge in [0.05, 0.1) is 0 Å². The molecule has 0 atom stereocenters. The third kappa shape index (κ3) is 7.03. The van der Waals surface area contributed by atoms with Gasteiger partial charge in [0, 0.05) is 6.04 Å². The van der Waals surface area contributed by atoms with Crippen molar-refractivity contribution in [2.75, 3.05) is 19.6 Å². The van der Waals surface area contributed by atoms with Crippen molar-refractivity contribution in [3.05, 3.63) is 0 Å². The zero-order valence-corrected chi connectivity index (χ0v) is 9.71. The molecule has 0 saturated carbocycles. The van der Waals surface area contributed by atoms with E-state index in [1.54, 1.807) is 0 Å². The fourth-order valence-corrected chi connectivity index (χ4v) is 1.35. The van der Waals surface area contributed by atoms with Crippen LogP contribution >= 0.6 is 0 Å². The second-order valence-electron chi connectivity index (χ2n) is 4.45. The highest BCUT2D eigenvalue weighted by Crippen LogP contribution is 2.05. The van der Waals surface area contributed by atoms with Gasteiger partial charge < -0.3 is 10.6 Å². The van der Waals surface area contributed by atoms with Crippen molar-refractivity contribution in [2.24, 2.45) is 11.7 Å². The molecule has 0 amide bonds. The summed E-state index contributed by atoms with van der Waals surface area (Å²) in [6.45, 7) is 12.3. The van der Waals surface area contributed by atoms with Gasteiger partial charge in [-0.3, -0.25) is 0 Å². The highest BCUT2D eigenvalue weighted by molar-refractivity contribution is 4.64. The maximum Gasteiger partial charge on any atom is 0.00385 e. The molecule has 13 heavy (non-hydrogen) atoms. The molecule has 0 aromatic heterocycles. The average molecular weight is 186 g/mol. The quantitative estimate of drug-likeness (QED) is 0.659. The lowest BCUT2D eigenvalue weighted by atomic mass is 10.1. The van der Waals surface area contributed by atoms with Gasteiger partial charge in [-0.05, 0) is 52.2 Å². The monoisotopic (exact) mass is 186 g/mol. The van der Waals surface area contributed by atoms with Gasteiger partial charge in [-0.15, -0.1) is 0 Å². The lowest BCUT2D eigenvalue weighted by molar-refractivity contribution is 0.208. The van der Waals surface area contributed by atoms with Gasteiger partial charge in [0.15, 0.2) is 0 Å². The highest BCUT2D eigenvalue weighted by atomic mass is 15.1. The number of hydrogen-bond acceptors (Lipinski definition) is 2. The van der Waals surface area contributed by atoms with E-state index in [9.17, 15) is 0 Å². The average Bonchev–Trinajstić information content (AvgIpc) is 2.03. The van der Waals surface area contributed by atoms with Crippen LogP contribution < -0.4 is 5.73 Å². The lowest BCUT2D eigenvalue weighted by Gasteiger charge is -2.26. The van der Waals surface area contributed by atoms with Gasteiger partial charge in [0.2, 0.25) is 0 Å². The van der Waals surface area contributed by atoms with Gasteiger partial charge in [0.1, 0.15) is 0 Å². The van der Waals surface area contributed by atoms with E-state index in [0.717, 1.165) is 25.4 Å². The lowest BCUT2D eigenvalue weighted by Crippen LogP contribution is -2.34. The Morgan fingerprint density at radius 2 is 1.69 bits per heavy atom. The van der Waals surface area contributed by atoms with Crippen LogP contribution in [0.4, 0.5) is 0 Å². The number of nitrogens with zero attached hydrogens (tertiary/aromatic N) is 1. The minimum absolute atomic E-state index is 0.658. The van der Waals surface area contributed by atoms with Crippen LogP contribution in [0.1, 0.15) is 40.5 Å². The van der Waals surface area contributed by atoms with E-state index in [2.05, 4.69) is 32.6 Å². The predicted octanol–water partition coefficient (Wildman–Crippen LogP) is 2.09. The first-order valence-electron chi connectivity index (χ1n) is 5.52. The SMILES string of the molecule is CC(C)CCN(CCCN)C(C)C. The van der Waals surface area contributed by atoms with Gasteiger partial charge in [-0.1, -0.05) is 13.8 Å². The van der Waals surface area contributed by atoms with Crippen LogP contribution in [-0.2, 0) is 0 Å². The van der Waals surface area contributed by atoms with Crippen LogP contribution in [0, 0.1) is 5.92 Å². The molecule has 0 aliphatic rings. The summed E-state index contributed by atoms with van der Waals surface area (Å²) in [5.41, 5.74) is 5.51. The second-order valence-corrected chi connectivity index (χ2v) is 4.45. The second kappa shape index (κ2) is 7.34. The van der Waals surface area contributed by atoms with E-state index in [4.69, 9.17) is 5.73 Å². The van der Waals surface area contributed by atoms with Crippen molar-refractivity contribution in [3.63, 3.8) is 0 Å². The number of hydrogen-bond donors (Lipinski definition) is 1. The normalized spacial score (nSPS) is 12.0. The molecular formula is C11H26N2. The molecule has 2 N–H and O–H groups in total. The molecule has 2 heteroatoms. The molecule has 0 unspecified atom stereocenters. The van der Waals surface area contributed by atoms with Crippen LogP contribution in [0.5, 0.6) is 0 Å². The van der Waals surface area contributed by atoms with Crippen molar-refractivity contribution < 1.29 is 0 Å². The largest absolute Gasteiger partial charge is 0.330 e. The fraction of sp³-hybridized carbons (Fsp3) is 1.00. The molecule has 0 radical (unpaired) electrons. The minimum Gasteiger partial charge on any atom is -0.330 e. The summed E-state index contributed by atoms with van der Waals surface area (Å²) in [5.74, 6) is 0.805. The maximum absolute atomic E-state index is 5.51. The standard InChI is InChI=1S/C11H26N2/c1-10(2)6-9-13(11(3)4)8-5-7-12/h10-11H,5-9,12H2,1-4H3. The summed E-state index contributed by atoms with van der Waals surface area (Å²) in [5, 5.41) is 0. The van der Waals surface area contributed by atoms with Crippen molar-refractivity contribution in [3.8, 4) is 0 Å². The van der Waals surface area contributed by atoms with Crippen molar-refractivity contribution in [1.29, 1.82) is 0 Å². The van der Waals surface area contributed by atoms with E-state index in [1.807, 2.05) is 0 Å². The molecule has 80 valence electrons. The Hall–Kier alpha value is -0.0800. The van der Waals surface area contributed by atoms with Crippen molar-refractivity contribution >= 4 is 0 Å². The summed E-state index contributed by atoms with van der Waals surface area (Å²) in [6, 6.07) is 0.658. The van der Waals surface area contributed by atoms with Gasteiger partial charge in [0.25, 0.3) is 0 Å². The van der Waals surface area contributed by atoms with Crippen LogP contribution in [0.25, 0.3) is 0 Å². The first kappa shape index (κ1) is 12.9. The zero-order valence-electron chi connectivity index (χ0n) is 9.71. The van der Waals surface area contributed by atoms with Crippen molar-refractivity contribution in [1.82, 2.24) is 4.90 Å². The van der Waals surface area contributed by atoms with Crippen LogP contribution in [0.15, 0.2) is 0 Å². The molecule has 0 aliphatic heterocycles. The first-order chi connectivity index (χ1) is 6.07. The third-order valence-electron chi connectivity index (χ3n) is 2.37. The summed E-state index contributed by atoms with van der Waals surface area (Å²) in [6.07, 6.45) is 2.42. The Morgan fingerprint density at radius 1 is 1.08 bits per heavy atom. The van der Waals surface area contributed by atoms with E-state index >= 15 is 0 Å². The number of nitrogens with two attached hydrogens (primary N) is 1. The Morgan fingerprint density at radius 3 is 2.08 bits per heavy atom. The Bertz CT molecular complexity index is 111. The van der Waals surface area contributed by atoms with E-state index < -0.39 is 0 Å². The van der Waals surface area contributed by atoms with E-state index in [0.29, 0.717) is 6.04 Å². The molecule has 0 bridgehead atoms. The highest BCUT2D eigenvalue weighted by Gasteiger charge is 2.08. The summed E-state index contributed by atoms with van der Waals surface area (Å²) < 4.78 is 0. The molecule has 0 aromatic rings. The van der Waals surface area contributed by atoms with Gasteiger partial charge in [-0.2, -0.15) is 0 Å².